The van der Waals surface area contributed by atoms with E-state index >= 15 is 0 Å². The Morgan fingerprint density at radius 3 is 2.25 bits per heavy atom. The van der Waals surface area contributed by atoms with E-state index in [1.54, 1.807) is 26.8 Å². The number of hydrogen-bond donors (Lipinski definition) is 2. The molecule has 0 heterocycles. The fourth-order valence-electron chi connectivity index (χ4n) is 2.55. The van der Waals surface area contributed by atoms with Gasteiger partial charge < -0.3 is 20.1 Å². The highest BCUT2D eigenvalue weighted by Crippen LogP contribution is 2.24. The topological polar surface area (TPSA) is 93.7 Å². The molecule has 0 bridgehead atoms. The maximum atomic E-state index is 11.9. The van der Waals surface area contributed by atoms with Gasteiger partial charge in [-0.25, -0.2) is 9.59 Å². The maximum Gasteiger partial charge on any atom is 0.408 e. The van der Waals surface area contributed by atoms with Gasteiger partial charge in [0.05, 0.1) is 7.11 Å². The summed E-state index contributed by atoms with van der Waals surface area (Å²) in [7, 11) is 1.28. The molecule has 1 aliphatic carbocycles. The van der Waals surface area contributed by atoms with Crippen molar-refractivity contribution < 1.29 is 23.9 Å². The number of rotatable bonds is 4. The van der Waals surface area contributed by atoms with Crippen LogP contribution in [0, 0.1) is 0 Å². The molecule has 0 aliphatic heterocycles. The van der Waals surface area contributed by atoms with Crippen LogP contribution in [0.2, 0.25) is 0 Å². The van der Waals surface area contributed by atoms with E-state index < -0.39 is 23.7 Å². The molecule has 2 amide bonds. The average Bonchev–Trinajstić information content (AvgIpc) is 2.45. The highest BCUT2D eigenvalue weighted by Gasteiger charge is 2.25. The van der Waals surface area contributed by atoms with Crippen molar-refractivity contribution in [1.29, 1.82) is 0 Å². The second-order valence-corrected chi connectivity index (χ2v) is 6.95. The first-order valence-corrected chi connectivity index (χ1v) is 8.14. The van der Waals surface area contributed by atoms with Crippen LogP contribution >= 0.6 is 0 Å². The number of carbonyl (C=O) groups is 3. The van der Waals surface area contributed by atoms with Crippen LogP contribution in [0.4, 0.5) is 4.79 Å². The molecule has 1 fully saturated rings. The summed E-state index contributed by atoms with van der Waals surface area (Å²) in [5.74, 6) is -0.580. The van der Waals surface area contributed by atoms with Gasteiger partial charge in [0.2, 0.25) is 5.91 Å². The van der Waals surface area contributed by atoms with Gasteiger partial charge in [-0.15, -0.1) is 0 Å². The van der Waals surface area contributed by atoms with Crippen LogP contribution in [-0.4, -0.2) is 42.8 Å². The second-order valence-electron chi connectivity index (χ2n) is 6.95. The van der Waals surface area contributed by atoms with E-state index in [2.05, 4.69) is 10.6 Å². The Kier molecular flexibility index (Phi) is 7.25. The van der Waals surface area contributed by atoms with E-state index in [-0.39, 0.29) is 11.9 Å². The van der Waals surface area contributed by atoms with Gasteiger partial charge in [0.1, 0.15) is 11.6 Å². The quantitative estimate of drug-likeness (QED) is 0.603. The molecule has 1 atom stereocenters. The van der Waals surface area contributed by atoms with Crippen molar-refractivity contribution >= 4 is 18.0 Å². The molecule has 0 radical (unpaired) electrons. The van der Waals surface area contributed by atoms with Gasteiger partial charge in [-0.3, -0.25) is 4.79 Å². The summed E-state index contributed by atoms with van der Waals surface area (Å²) in [6.07, 6.45) is 4.20. The van der Waals surface area contributed by atoms with Crippen LogP contribution in [0.3, 0.4) is 0 Å². The lowest BCUT2D eigenvalue weighted by atomic mass is 9.89. The Labute approximate surface area is 143 Å². The van der Waals surface area contributed by atoms with Crippen molar-refractivity contribution in [3.05, 3.63) is 11.6 Å². The molecular formula is C17H28N2O5. The minimum Gasteiger partial charge on any atom is -0.467 e. The molecule has 1 rings (SSSR count). The Morgan fingerprint density at radius 1 is 1.21 bits per heavy atom. The van der Waals surface area contributed by atoms with Crippen molar-refractivity contribution in [1.82, 2.24) is 10.6 Å². The zero-order chi connectivity index (χ0) is 18.3. The molecule has 0 aromatic carbocycles. The smallest absolute Gasteiger partial charge is 0.408 e. The molecule has 1 unspecified atom stereocenters. The monoisotopic (exact) mass is 340 g/mol. The summed E-state index contributed by atoms with van der Waals surface area (Å²) in [5, 5.41) is 5.43. The third-order valence-electron chi connectivity index (χ3n) is 3.56. The number of esters is 1. The Balaban J connectivity index is 2.68. The summed E-state index contributed by atoms with van der Waals surface area (Å²) >= 11 is 0. The van der Waals surface area contributed by atoms with Crippen molar-refractivity contribution in [2.24, 2.45) is 0 Å². The zero-order valence-electron chi connectivity index (χ0n) is 15.1. The maximum absolute atomic E-state index is 11.9. The number of allylic oxidation sites excluding steroid dienone is 1. The predicted molar refractivity (Wildman–Crippen MR) is 89.3 cm³/mol. The molecule has 7 nitrogen and oxygen atoms in total. The van der Waals surface area contributed by atoms with Crippen molar-refractivity contribution in [2.75, 3.05) is 7.11 Å². The van der Waals surface area contributed by atoms with Crippen LogP contribution in [0.5, 0.6) is 0 Å². The van der Waals surface area contributed by atoms with Crippen molar-refractivity contribution in [2.45, 2.75) is 71.1 Å². The summed E-state index contributed by atoms with van der Waals surface area (Å²) in [6, 6.07) is -0.716. The van der Waals surface area contributed by atoms with Gasteiger partial charge in [0, 0.05) is 13.0 Å². The first-order valence-electron chi connectivity index (χ1n) is 8.14. The van der Waals surface area contributed by atoms with E-state index in [1.165, 1.54) is 14.0 Å². The average molecular weight is 340 g/mol. The van der Waals surface area contributed by atoms with Crippen LogP contribution in [0.25, 0.3) is 0 Å². The van der Waals surface area contributed by atoms with Crippen molar-refractivity contribution in [3.63, 3.8) is 0 Å². The standard InChI is InChI=1S/C17H28N2O5/c1-11(20)18-13-8-6-12(7-9-13)10-14(15(21)23-5)19-16(22)24-17(2,3)4/h10,13-14H,6-9H2,1-5H3,(H,18,20)(H,19,22). The number of methoxy groups -OCH3 is 1. The molecule has 0 spiro atoms. The van der Waals surface area contributed by atoms with E-state index in [4.69, 9.17) is 9.47 Å². The molecule has 0 aromatic heterocycles. The van der Waals surface area contributed by atoms with E-state index in [0.717, 1.165) is 31.3 Å². The van der Waals surface area contributed by atoms with Gasteiger partial charge in [-0.2, -0.15) is 0 Å². The van der Waals surface area contributed by atoms with Crippen molar-refractivity contribution in [3.8, 4) is 0 Å². The predicted octanol–water partition coefficient (Wildman–Crippen LogP) is 2.06. The lowest BCUT2D eigenvalue weighted by molar-refractivity contribution is -0.141. The Hall–Kier alpha value is -2.05. The van der Waals surface area contributed by atoms with Gasteiger partial charge in [-0.1, -0.05) is 11.6 Å². The lowest BCUT2D eigenvalue weighted by Crippen LogP contribution is -2.43. The fraction of sp³-hybridized carbons (Fsp3) is 0.706. The van der Waals surface area contributed by atoms with Gasteiger partial charge in [-0.05, 0) is 46.5 Å². The molecule has 24 heavy (non-hydrogen) atoms. The number of ether oxygens (including phenoxy) is 2. The number of carbonyl (C=O) groups excluding carboxylic acids is 3. The van der Waals surface area contributed by atoms with E-state index in [0.29, 0.717) is 0 Å². The van der Waals surface area contributed by atoms with Gasteiger partial charge in [0.25, 0.3) is 0 Å². The molecule has 7 heteroatoms. The summed E-state index contributed by atoms with van der Waals surface area (Å²) < 4.78 is 9.93. The molecule has 136 valence electrons. The molecule has 0 saturated heterocycles. The normalized spacial score (nSPS) is 19.0. The summed E-state index contributed by atoms with van der Waals surface area (Å²) in [6.45, 7) is 6.76. The van der Waals surface area contributed by atoms with Crippen LogP contribution in [-0.2, 0) is 19.1 Å². The Bertz CT molecular complexity index is 498. The molecule has 2 N–H and O–H groups in total. The number of amides is 2. The SMILES string of the molecule is COC(=O)C(C=C1CCC(NC(C)=O)CC1)NC(=O)OC(C)(C)C. The highest BCUT2D eigenvalue weighted by atomic mass is 16.6. The number of alkyl carbamates (subject to hydrolysis) is 1. The van der Waals surface area contributed by atoms with E-state index in [9.17, 15) is 14.4 Å². The number of nitrogens with one attached hydrogen (secondary N) is 2. The zero-order valence-corrected chi connectivity index (χ0v) is 15.1. The van der Waals surface area contributed by atoms with Crippen LogP contribution < -0.4 is 10.6 Å². The summed E-state index contributed by atoms with van der Waals surface area (Å²) in [5.41, 5.74) is 0.414. The van der Waals surface area contributed by atoms with Crippen LogP contribution in [0.15, 0.2) is 11.6 Å². The molecular weight excluding hydrogens is 312 g/mol. The summed E-state index contributed by atoms with van der Waals surface area (Å²) in [4.78, 5) is 34.9. The minimum atomic E-state index is -0.878. The first kappa shape index (κ1) is 20.0. The van der Waals surface area contributed by atoms with E-state index in [1.807, 2.05) is 0 Å². The van der Waals surface area contributed by atoms with Gasteiger partial charge >= 0.3 is 12.1 Å². The third kappa shape index (κ3) is 7.48. The third-order valence-corrected chi connectivity index (χ3v) is 3.56. The largest absolute Gasteiger partial charge is 0.467 e. The second kappa shape index (κ2) is 8.70. The first-order chi connectivity index (χ1) is 11.1. The highest BCUT2D eigenvalue weighted by molar-refractivity contribution is 5.83. The number of hydrogen-bond acceptors (Lipinski definition) is 5. The Morgan fingerprint density at radius 2 is 1.79 bits per heavy atom. The fourth-order valence-corrected chi connectivity index (χ4v) is 2.55. The minimum absolute atomic E-state index is 0.0357. The lowest BCUT2D eigenvalue weighted by Gasteiger charge is -2.26. The van der Waals surface area contributed by atoms with Gasteiger partial charge in [0.15, 0.2) is 0 Å². The molecule has 1 saturated carbocycles. The molecule has 0 aromatic rings. The molecule has 1 aliphatic rings. The van der Waals surface area contributed by atoms with Crippen LogP contribution in [0.1, 0.15) is 53.4 Å².